The third-order valence-corrected chi connectivity index (χ3v) is 4.18. The van der Waals surface area contributed by atoms with Crippen molar-refractivity contribution in [1.29, 1.82) is 0 Å². The van der Waals surface area contributed by atoms with Crippen molar-refractivity contribution in [3.05, 3.63) is 23.8 Å². The van der Waals surface area contributed by atoms with Crippen LogP contribution in [0.4, 0.5) is 11.4 Å². The molecule has 4 heteroatoms. The van der Waals surface area contributed by atoms with E-state index in [-0.39, 0.29) is 5.91 Å². The van der Waals surface area contributed by atoms with E-state index in [4.69, 9.17) is 5.73 Å². The van der Waals surface area contributed by atoms with E-state index in [1.807, 2.05) is 30.8 Å². The molecular formula is C14H22N2OS. The molecule has 1 atom stereocenters. The zero-order valence-corrected chi connectivity index (χ0v) is 12.1. The number of carbonyl (C=O) groups excluding carboxylic acids is 1. The Kier molecular flexibility index (Phi) is 6.05. The van der Waals surface area contributed by atoms with Crippen LogP contribution in [0.3, 0.4) is 0 Å². The van der Waals surface area contributed by atoms with E-state index in [2.05, 4.69) is 19.2 Å². The number of hydrogen-bond donors (Lipinski definition) is 2. The first kappa shape index (κ1) is 14.9. The fraction of sp³-hybridized carbons (Fsp3) is 0.500. The lowest BCUT2D eigenvalue weighted by Crippen LogP contribution is -2.14. The number of anilines is 2. The number of hydrogen-bond acceptors (Lipinski definition) is 3. The van der Waals surface area contributed by atoms with E-state index in [0.29, 0.717) is 17.4 Å². The van der Waals surface area contributed by atoms with Gasteiger partial charge in [-0.2, -0.15) is 11.8 Å². The molecule has 1 rings (SSSR count). The molecular weight excluding hydrogens is 244 g/mol. The number of nitrogens with one attached hydrogen (secondary N) is 1. The molecule has 1 amide bonds. The Morgan fingerprint density at radius 1 is 1.50 bits per heavy atom. The van der Waals surface area contributed by atoms with Crippen LogP contribution in [-0.2, 0) is 4.79 Å². The number of carbonyl (C=O) groups is 1. The highest BCUT2D eigenvalue weighted by molar-refractivity contribution is 7.99. The Balaban J connectivity index is 2.42. The Labute approximate surface area is 114 Å². The van der Waals surface area contributed by atoms with Gasteiger partial charge in [-0.15, -0.1) is 0 Å². The molecule has 0 spiro atoms. The summed E-state index contributed by atoms with van der Waals surface area (Å²) >= 11 is 1.84. The number of rotatable bonds is 6. The number of nitrogen functional groups attached to an aromatic ring is 1. The number of amides is 1. The van der Waals surface area contributed by atoms with Crippen LogP contribution in [0.15, 0.2) is 18.2 Å². The van der Waals surface area contributed by atoms with E-state index < -0.39 is 0 Å². The topological polar surface area (TPSA) is 55.1 Å². The minimum atomic E-state index is 0.0551. The lowest BCUT2D eigenvalue weighted by molar-refractivity contribution is -0.115. The average molecular weight is 266 g/mol. The van der Waals surface area contributed by atoms with E-state index in [1.54, 1.807) is 6.07 Å². The van der Waals surface area contributed by atoms with Gasteiger partial charge in [-0.05, 0) is 31.0 Å². The molecule has 0 aromatic heterocycles. The van der Waals surface area contributed by atoms with E-state index in [9.17, 15) is 4.79 Å². The van der Waals surface area contributed by atoms with Gasteiger partial charge in [-0.1, -0.05) is 19.9 Å². The molecule has 0 saturated carbocycles. The van der Waals surface area contributed by atoms with Crippen LogP contribution in [0.1, 0.15) is 32.3 Å². The standard InChI is InChI=1S/C14H22N2OS/c1-4-11(3)18-8-7-14(17)16-13-9-12(15)6-5-10(13)2/h5-6,9,11H,4,7-8,15H2,1-3H3,(H,16,17). The minimum Gasteiger partial charge on any atom is -0.399 e. The Hall–Kier alpha value is -1.16. The molecule has 0 fully saturated rings. The summed E-state index contributed by atoms with van der Waals surface area (Å²) in [7, 11) is 0. The summed E-state index contributed by atoms with van der Waals surface area (Å²) in [5, 5.41) is 3.53. The van der Waals surface area contributed by atoms with Gasteiger partial charge >= 0.3 is 0 Å². The first-order chi connectivity index (χ1) is 8.52. The summed E-state index contributed by atoms with van der Waals surface area (Å²) in [5.74, 6) is 0.918. The van der Waals surface area contributed by atoms with Gasteiger partial charge in [-0.25, -0.2) is 0 Å². The molecule has 1 unspecified atom stereocenters. The number of thioether (sulfide) groups is 1. The van der Waals surface area contributed by atoms with Crippen molar-refractivity contribution in [1.82, 2.24) is 0 Å². The summed E-state index contributed by atoms with van der Waals surface area (Å²) in [6.45, 7) is 6.31. The summed E-state index contributed by atoms with van der Waals surface area (Å²) in [4.78, 5) is 11.8. The van der Waals surface area contributed by atoms with Crippen LogP contribution in [-0.4, -0.2) is 16.9 Å². The lowest BCUT2D eigenvalue weighted by Gasteiger charge is -2.10. The quantitative estimate of drug-likeness (QED) is 0.776. The van der Waals surface area contributed by atoms with Gasteiger partial charge in [0.2, 0.25) is 5.91 Å². The molecule has 1 aromatic carbocycles. The molecule has 3 nitrogen and oxygen atoms in total. The van der Waals surface area contributed by atoms with Crippen molar-refractivity contribution >= 4 is 29.0 Å². The normalized spacial score (nSPS) is 12.2. The maximum absolute atomic E-state index is 11.8. The molecule has 0 bridgehead atoms. The largest absolute Gasteiger partial charge is 0.399 e. The second-order valence-corrected chi connectivity index (χ2v) is 6.01. The smallest absolute Gasteiger partial charge is 0.225 e. The molecule has 0 aliphatic rings. The van der Waals surface area contributed by atoms with E-state index in [0.717, 1.165) is 23.4 Å². The first-order valence-electron chi connectivity index (χ1n) is 6.30. The van der Waals surface area contributed by atoms with Gasteiger partial charge in [0.25, 0.3) is 0 Å². The third kappa shape index (κ3) is 5.00. The highest BCUT2D eigenvalue weighted by Crippen LogP contribution is 2.19. The van der Waals surface area contributed by atoms with Gasteiger partial charge in [0.05, 0.1) is 0 Å². The van der Waals surface area contributed by atoms with Gasteiger partial charge in [0.1, 0.15) is 0 Å². The van der Waals surface area contributed by atoms with Crippen LogP contribution in [0.25, 0.3) is 0 Å². The molecule has 0 radical (unpaired) electrons. The third-order valence-electron chi connectivity index (χ3n) is 2.84. The summed E-state index contributed by atoms with van der Waals surface area (Å²) in [6.07, 6.45) is 1.68. The molecule has 0 aliphatic carbocycles. The van der Waals surface area contributed by atoms with Crippen molar-refractivity contribution in [2.75, 3.05) is 16.8 Å². The lowest BCUT2D eigenvalue weighted by atomic mass is 10.2. The molecule has 18 heavy (non-hydrogen) atoms. The second-order valence-electron chi connectivity index (χ2n) is 4.46. The van der Waals surface area contributed by atoms with Gasteiger partial charge < -0.3 is 11.1 Å². The maximum atomic E-state index is 11.8. The molecule has 0 saturated heterocycles. The minimum absolute atomic E-state index is 0.0551. The maximum Gasteiger partial charge on any atom is 0.225 e. The fourth-order valence-electron chi connectivity index (χ4n) is 1.46. The summed E-state index contributed by atoms with van der Waals surface area (Å²) in [5.41, 5.74) is 8.22. The van der Waals surface area contributed by atoms with E-state index >= 15 is 0 Å². The number of aryl methyl sites for hydroxylation is 1. The zero-order chi connectivity index (χ0) is 13.5. The highest BCUT2D eigenvalue weighted by Gasteiger charge is 2.06. The monoisotopic (exact) mass is 266 g/mol. The molecule has 100 valence electrons. The van der Waals surface area contributed by atoms with Crippen molar-refractivity contribution in [2.24, 2.45) is 0 Å². The van der Waals surface area contributed by atoms with Crippen molar-refractivity contribution in [3.8, 4) is 0 Å². The number of nitrogens with two attached hydrogens (primary N) is 1. The molecule has 3 N–H and O–H groups in total. The second kappa shape index (κ2) is 7.31. The number of benzene rings is 1. The zero-order valence-electron chi connectivity index (χ0n) is 11.3. The molecule has 0 heterocycles. The van der Waals surface area contributed by atoms with Gasteiger partial charge in [0.15, 0.2) is 0 Å². The van der Waals surface area contributed by atoms with Crippen molar-refractivity contribution < 1.29 is 4.79 Å². The first-order valence-corrected chi connectivity index (χ1v) is 7.35. The predicted molar refractivity (Wildman–Crippen MR) is 81.0 cm³/mol. The van der Waals surface area contributed by atoms with Crippen LogP contribution < -0.4 is 11.1 Å². The van der Waals surface area contributed by atoms with Crippen molar-refractivity contribution in [2.45, 2.75) is 38.9 Å². The van der Waals surface area contributed by atoms with Crippen LogP contribution in [0.5, 0.6) is 0 Å². The van der Waals surface area contributed by atoms with Crippen LogP contribution in [0, 0.1) is 6.92 Å². The molecule has 1 aromatic rings. The van der Waals surface area contributed by atoms with E-state index in [1.165, 1.54) is 0 Å². The molecule has 0 aliphatic heterocycles. The Morgan fingerprint density at radius 2 is 2.22 bits per heavy atom. The summed E-state index contributed by atoms with van der Waals surface area (Å²) < 4.78 is 0. The van der Waals surface area contributed by atoms with Crippen LogP contribution in [0.2, 0.25) is 0 Å². The van der Waals surface area contributed by atoms with Gasteiger partial charge in [-0.3, -0.25) is 4.79 Å². The Bertz CT molecular complexity index is 407. The Morgan fingerprint density at radius 3 is 2.89 bits per heavy atom. The average Bonchev–Trinajstić information content (AvgIpc) is 2.33. The van der Waals surface area contributed by atoms with Crippen LogP contribution >= 0.6 is 11.8 Å². The predicted octanol–water partition coefficient (Wildman–Crippen LogP) is 3.44. The SMILES string of the molecule is CCC(C)SCCC(=O)Nc1cc(N)ccc1C. The van der Waals surface area contributed by atoms with Crippen molar-refractivity contribution in [3.63, 3.8) is 0 Å². The highest BCUT2D eigenvalue weighted by atomic mass is 32.2. The fourth-order valence-corrected chi connectivity index (χ4v) is 2.40. The van der Waals surface area contributed by atoms with Gasteiger partial charge in [0, 0.05) is 28.8 Å². The summed E-state index contributed by atoms with van der Waals surface area (Å²) in [6, 6.07) is 5.55.